The van der Waals surface area contributed by atoms with Crippen LogP contribution in [0.1, 0.15) is 43.7 Å². The summed E-state index contributed by atoms with van der Waals surface area (Å²) in [5, 5.41) is 0. The zero-order valence-corrected chi connectivity index (χ0v) is 12.3. The normalized spacial score (nSPS) is 29.9. The van der Waals surface area contributed by atoms with E-state index in [0.717, 1.165) is 25.8 Å². The fraction of sp³-hybridized carbons (Fsp3) is 0.588. The number of morpholine rings is 1. The summed E-state index contributed by atoms with van der Waals surface area (Å²) in [4.78, 5) is 15.0. The maximum Gasteiger partial charge on any atom is 0.230 e. The van der Waals surface area contributed by atoms with Crippen molar-refractivity contribution >= 4 is 5.91 Å². The molecule has 1 amide bonds. The van der Waals surface area contributed by atoms with Crippen molar-refractivity contribution in [2.75, 3.05) is 13.2 Å². The Morgan fingerprint density at radius 3 is 2.95 bits per heavy atom. The minimum Gasteiger partial charge on any atom is -0.375 e. The molecule has 0 N–H and O–H groups in total. The molecule has 3 heteroatoms. The molecule has 1 fully saturated rings. The molecule has 108 valence electrons. The summed E-state index contributed by atoms with van der Waals surface area (Å²) in [6.45, 7) is 5.50. The lowest BCUT2D eigenvalue weighted by Crippen LogP contribution is -2.51. The van der Waals surface area contributed by atoms with Crippen LogP contribution in [-0.4, -0.2) is 36.1 Å². The molecule has 1 heterocycles. The lowest BCUT2D eigenvalue weighted by molar-refractivity contribution is -0.145. The van der Waals surface area contributed by atoms with E-state index in [0.29, 0.717) is 12.5 Å². The summed E-state index contributed by atoms with van der Waals surface area (Å²) in [5.41, 5.74) is 2.60. The number of fused-ring (bicyclic) bond motifs is 1. The number of ether oxygens (including phenoxy) is 1. The van der Waals surface area contributed by atoms with Gasteiger partial charge in [-0.05, 0) is 44.2 Å². The number of hydrogen-bond donors (Lipinski definition) is 0. The van der Waals surface area contributed by atoms with Crippen LogP contribution in [0.15, 0.2) is 24.3 Å². The molecular formula is C17H23NO2. The molecule has 3 unspecified atom stereocenters. The molecule has 1 aliphatic carbocycles. The van der Waals surface area contributed by atoms with E-state index >= 15 is 0 Å². The first kappa shape index (κ1) is 13.6. The van der Waals surface area contributed by atoms with Crippen LogP contribution in [0.25, 0.3) is 0 Å². The minimum absolute atomic E-state index is 0.0488. The number of rotatable bonds is 1. The number of carbonyl (C=O) groups excluding carboxylic acids is 1. The van der Waals surface area contributed by atoms with Crippen molar-refractivity contribution < 1.29 is 9.53 Å². The second-order valence-electron chi connectivity index (χ2n) is 6.13. The van der Waals surface area contributed by atoms with E-state index in [4.69, 9.17) is 4.74 Å². The maximum atomic E-state index is 12.9. The molecule has 0 spiro atoms. The second kappa shape index (κ2) is 5.57. The first-order chi connectivity index (χ1) is 9.66. The standard InChI is InChI=1S/C17H23NO2/c1-12-11-20-13(2)10-18(12)17(19)16-9-5-7-14-6-3-4-8-15(14)16/h3-4,6,8,12-13,16H,5,7,9-11H2,1-2H3. The van der Waals surface area contributed by atoms with E-state index in [-0.39, 0.29) is 18.1 Å². The molecular weight excluding hydrogens is 250 g/mol. The average molecular weight is 273 g/mol. The van der Waals surface area contributed by atoms with Crippen molar-refractivity contribution in [2.24, 2.45) is 0 Å². The van der Waals surface area contributed by atoms with Crippen molar-refractivity contribution in [1.29, 1.82) is 0 Å². The van der Waals surface area contributed by atoms with Crippen LogP contribution in [0.5, 0.6) is 0 Å². The van der Waals surface area contributed by atoms with Crippen LogP contribution in [-0.2, 0) is 16.0 Å². The monoisotopic (exact) mass is 273 g/mol. The molecule has 0 saturated carbocycles. The highest BCUT2D eigenvalue weighted by molar-refractivity contribution is 5.84. The van der Waals surface area contributed by atoms with Gasteiger partial charge in [0.15, 0.2) is 0 Å². The Morgan fingerprint density at radius 1 is 1.30 bits per heavy atom. The Labute approximate surface area is 120 Å². The lowest BCUT2D eigenvalue weighted by Gasteiger charge is -2.39. The van der Waals surface area contributed by atoms with Crippen LogP contribution in [0.2, 0.25) is 0 Å². The van der Waals surface area contributed by atoms with Gasteiger partial charge < -0.3 is 9.64 Å². The number of hydrogen-bond acceptors (Lipinski definition) is 2. The van der Waals surface area contributed by atoms with Gasteiger partial charge in [-0.15, -0.1) is 0 Å². The molecule has 3 rings (SSSR count). The van der Waals surface area contributed by atoms with Gasteiger partial charge in [-0.2, -0.15) is 0 Å². The number of amides is 1. The topological polar surface area (TPSA) is 29.5 Å². The predicted molar refractivity (Wildman–Crippen MR) is 78.7 cm³/mol. The zero-order valence-electron chi connectivity index (χ0n) is 12.3. The van der Waals surface area contributed by atoms with Crippen LogP contribution in [0.3, 0.4) is 0 Å². The maximum absolute atomic E-state index is 12.9. The summed E-state index contributed by atoms with van der Waals surface area (Å²) in [7, 11) is 0. The third-order valence-electron chi connectivity index (χ3n) is 4.56. The van der Waals surface area contributed by atoms with Crippen molar-refractivity contribution in [1.82, 2.24) is 4.90 Å². The molecule has 1 aromatic rings. The van der Waals surface area contributed by atoms with Gasteiger partial charge in [-0.3, -0.25) is 4.79 Å². The summed E-state index contributed by atoms with van der Waals surface area (Å²) >= 11 is 0. The van der Waals surface area contributed by atoms with Crippen molar-refractivity contribution in [3.8, 4) is 0 Å². The van der Waals surface area contributed by atoms with Gasteiger partial charge in [0.1, 0.15) is 0 Å². The van der Waals surface area contributed by atoms with E-state index < -0.39 is 0 Å². The van der Waals surface area contributed by atoms with Crippen molar-refractivity contribution in [3.63, 3.8) is 0 Å². The third-order valence-corrected chi connectivity index (χ3v) is 4.56. The summed E-state index contributed by atoms with van der Waals surface area (Å²) in [5.74, 6) is 0.340. The van der Waals surface area contributed by atoms with Crippen LogP contribution in [0, 0.1) is 0 Å². The van der Waals surface area contributed by atoms with Gasteiger partial charge in [-0.1, -0.05) is 24.3 Å². The fourth-order valence-electron chi connectivity index (χ4n) is 3.42. The molecule has 3 atom stereocenters. The summed E-state index contributed by atoms with van der Waals surface area (Å²) in [6, 6.07) is 8.61. The highest BCUT2D eigenvalue weighted by Crippen LogP contribution is 2.33. The van der Waals surface area contributed by atoms with Crippen molar-refractivity contribution in [3.05, 3.63) is 35.4 Å². The van der Waals surface area contributed by atoms with Crippen LogP contribution >= 0.6 is 0 Å². The average Bonchev–Trinajstić information content (AvgIpc) is 2.48. The fourth-order valence-corrected chi connectivity index (χ4v) is 3.42. The molecule has 1 aromatic carbocycles. The van der Waals surface area contributed by atoms with Gasteiger partial charge in [0.25, 0.3) is 0 Å². The van der Waals surface area contributed by atoms with Gasteiger partial charge in [0.2, 0.25) is 5.91 Å². The smallest absolute Gasteiger partial charge is 0.230 e. The van der Waals surface area contributed by atoms with Gasteiger partial charge >= 0.3 is 0 Å². The van der Waals surface area contributed by atoms with E-state index in [1.54, 1.807) is 0 Å². The molecule has 2 aliphatic rings. The van der Waals surface area contributed by atoms with Gasteiger partial charge in [-0.25, -0.2) is 0 Å². The summed E-state index contributed by atoms with van der Waals surface area (Å²) < 4.78 is 5.63. The zero-order chi connectivity index (χ0) is 14.1. The van der Waals surface area contributed by atoms with E-state index in [1.807, 2.05) is 11.8 Å². The van der Waals surface area contributed by atoms with Crippen LogP contribution < -0.4 is 0 Å². The molecule has 0 bridgehead atoms. The van der Waals surface area contributed by atoms with Gasteiger partial charge in [0.05, 0.1) is 24.7 Å². The number of benzene rings is 1. The molecule has 3 nitrogen and oxygen atoms in total. The second-order valence-corrected chi connectivity index (χ2v) is 6.13. The van der Waals surface area contributed by atoms with Crippen LogP contribution in [0.4, 0.5) is 0 Å². The largest absolute Gasteiger partial charge is 0.375 e. The number of aryl methyl sites for hydroxylation is 1. The Morgan fingerprint density at radius 2 is 2.10 bits per heavy atom. The van der Waals surface area contributed by atoms with E-state index in [1.165, 1.54) is 11.1 Å². The first-order valence-corrected chi connectivity index (χ1v) is 7.66. The number of carbonyl (C=O) groups is 1. The van der Waals surface area contributed by atoms with Gasteiger partial charge in [0, 0.05) is 6.54 Å². The predicted octanol–water partition coefficient (Wildman–Crippen LogP) is 2.74. The highest BCUT2D eigenvalue weighted by atomic mass is 16.5. The van der Waals surface area contributed by atoms with E-state index in [2.05, 4.69) is 31.2 Å². The summed E-state index contributed by atoms with van der Waals surface area (Å²) in [6.07, 6.45) is 3.35. The Kier molecular flexibility index (Phi) is 3.79. The first-order valence-electron chi connectivity index (χ1n) is 7.66. The third kappa shape index (κ3) is 2.47. The highest BCUT2D eigenvalue weighted by Gasteiger charge is 2.34. The minimum atomic E-state index is 0.0488. The molecule has 1 saturated heterocycles. The Hall–Kier alpha value is -1.35. The molecule has 0 radical (unpaired) electrons. The lowest BCUT2D eigenvalue weighted by atomic mass is 9.82. The quantitative estimate of drug-likeness (QED) is 0.787. The molecule has 20 heavy (non-hydrogen) atoms. The Bertz CT molecular complexity index is 500. The number of nitrogens with zero attached hydrogens (tertiary/aromatic N) is 1. The van der Waals surface area contributed by atoms with E-state index in [9.17, 15) is 4.79 Å². The molecule has 1 aliphatic heterocycles. The van der Waals surface area contributed by atoms with Crippen molar-refractivity contribution in [2.45, 2.75) is 51.2 Å². The SMILES string of the molecule is CC1CN(C(=O)C2CCCc3ccccc32)C(C)CO1. The molecule has 0 aromatic heterocycles. The Balaban J connectivity index is 1.84.